The standard InChI is InChI=1S/C48H28N6O2S2/c1-5-15-39-35(11-1)53(36-12-2-6-16-40(36)55-39)29-21-23-31(33(27-29)47-51-45-43(57-47)19-9-25-49-45)32-24-22-30(28-34(32)48-52-46-44(58-48)20-10-26-50-46)54-37-13-3-7-17-41(37)56-42-18-8-4-14-38(42)54/h1-28H. The van der Waals surface area contributed by atoms with Crippen molar-refractivity contribution >= 4 is 77.5 Å². The Balaban J connectivity index is 1.11. The van der Waals surface area contributed by atoms with E-state index in [1.54, 1.807) is 35.1 Å². The molecular formula is C48H28N6O2S2. The fraction of sp³-hybridized carbons (Fsp3) is 0. The minimum atomic E-state index is 0.721. The van der Waals surface area contributed by atoms with Crippen molar-refractivity contribution in [1.82, 2.24) is 19.9 Å². The highest BCUT2D eigenvalue weighted by molar-refractivity contribution is 7.22. The molecule has 10 heteroatoms. The summed E-state index contributed by atoms with van der Waals surface area (Å²) < 4.78 is 14.8. The summed E-state index contributed by atoms with van der Waals surface area (Å²) in [6.07, 6.45) is 3.59. The zero-order chi connectivity index (χ0) is 38.2. The van der Waals surface area contributed by atoms with E-state index in [0.29, 0.717) is 0 Å². The highest BCUT2D eigenvalue weighted by Gasteiger charge is 2.29. The lowest BCUT2D eigenvalue weighted by molar-refractivity contribution is 0.477. The molecule has 0 saturated carbocycles. The molecule has 6 aromatic carbocycles. The summed E-state index contributed by atoms with van der Waals surface area (Å²) in [4.78, 5) is 24.1. The van der Waals surface area contributed by atoms with Crippen molar-refractivity contribution in [3.8, 4) is 55.3 Å². The van der Waals surface area contributed by atoms with Crippen LogP contribution in [-0.2, 0) is 0 Å². The number of hydrogen-bond acceptors (Lipinski definition) is 10. The molecule has 274 valence electrons. The summed E-state index contributed by atoms with van der Waals surface area (Å²) in [5.74, 6) is 3.18. The van der Waals surface area contributed by atoms with Crippen LogP contribution in [0.3, 0.4) is 0 Å². The number of anilines is 6. The summed E-state index contributed by atoms with van der Waals surface area (Å²) in [6, 6.07) is 54.0. The van der Waals surface area contributed by atoms with Gasteiger partial charge in [0.15, 0.2) is 34.3 Å². The molecule has 0 amide bonds. The molecule has 10 aromatic rings. The third-order valence-electron chi connectivity index (χ3n) is 10.5. The SMILES string of the molecule is c1ccc2c(c1)Oc1ccccc1N2c1ccc(-c2ccc(N3c4ccccc4Oc4ccccc43)cc2-c2nc3ncccc3s2)c(-c2nc3ncccc3s2)c1. The average Bonchev–Trinajstić information content (AvgIpc) is 3.92. The fourth-order valence-electron chi connectivity index (χ4n) is 7.90. The van der Waals surface area contributed by atoms with Gasteiger partial charge in [-0.25, -0.2) is 19.9 Å². The van der Waals surface area contributed by atoms with Gasteiger partial charge in [-0.1, -0.05) is 60.7 Å². The molecule has 0 bridgehead atoms. The van der Waals surface area contributed by atoms with Gasteiger partial charge in [0.1, 0.15) is 10.0 Å². The van der Waals surface area contributed by atoms with Crippen molar-refractivity contribution in [2.45, 2.75) is 0 Å². The van der Waals surface area contributed by atoms with Gasteiger partial charge in [-0.15, -0.1) is 22.7 Å². The lowest BCUT2D eigenvalue weighted by Crippen LogP contribution is -2.16. The molecule has 2 aliphatic rings. The van der Waals surface area contributed by atoms with Crippen LogP contribution >= 0.6 is 22.7 Å². The number of hydrogen-bond donors (Lipinski definition) is 0. The number of nitrogens with zero attached hydrogens (tertiary/aromatic N) is 6. The zero-order valence-electron chi connectivity index (χ0n) is 30.5. The van der Waals surface area contributed by atoms with Gasteiger partial charge in [-0.05, 0) is 108 Å². The molecule has 12 rings (SSSR count). The van der Waals surface area contributed by atoms with Crippen LogP contribution in [0.1, 0.15) is 0 Å². The van der Waals surface area contributed by atoms with Crippen molar-refractivity contribution in [3.05, 3.63) is 170 Å². The lowest BCUT2D eigenvalue weighted by atomic mass is 9.93. The Labute approximate surface area is 340 Å². The van der Waals surface area contributed by atoms with Gasteiger partial charge in [0.2, 0.25) is 0 Å². The van der Waals surface area contributed by atoms with Crippen molar-refractivity contribution < 1.29 is 9.47 Å². The third-order valence-corrected chi connectivity index (χ3v) is 12.6. The first-order valence-electron chi connectivity index (χ1n) is 18.8. The highest BCUT2D eigenvalue weighted by Crippen LogP contribution is 2.54. The van der Waals surface area contributed by atoms with E-state index >= 15 is 0 Å². The van der Waals surface area contributed by atoms with Crippen LogP contribution in [0, 0.1) is 0 Å². The molecule has 2 aliphatic heterocycles. The predicted molar refractivity (Wildman–Crippen MR) is 234 cm³/mol. The van der Waals surface area contributed by atoms with Gasteiger partial charge in [0, 0.05) is 34.9 Å². The molecule has 0 N–H and O–H groups in total. The Morgan fingerprint density at radius 1 is 0.379 bits per heavy atom. The Bertz CT molecular complexity index is 2880. The van der Waals surface area contributed by atoms with E-state index in [9.17, 15) is 0 Å². The minimum absolute atomic E-state index is 0.721. The fourth-order valence-corrected chi connectivity index (χ4v) is 9.81. The van der Waals surface area contributed by atoms with Crippen LogP contribution in [0.4, 0.5) is 34.1 Å². The van der Waals surface area contributed by atoms with Gasteiger partial charge in [-0.3, -0.25) is 0 Å². The van der Waals surface area contributed by atoms with Crippen LogP contribution in [0.15, 0.2) is 170 Å². The molecular weight excluding hydrogens is 757 g/mol. The van der Waals surface area contributed by atoms with E-state index in [-0.39, 0.29) is 0 Å². The molecule has 0 spiro atoms. The normalized spacial score (nSPS) is 12.7. The minimum Gasteiger partial charge on any atom is -0.453 e. The average molecular weight is 785 g/mol. The van der Waals surface area contributed by atoms with Gasteiger partial charge in [0.05, 0.1) is 32.1 Å². The topological polar surface area (TPSA) is 76.5 Å². The molecule has 4 aromatic heterocycles. The van der Waals surface area contributed by atoms with Crippen molar-refractivity contribution in [2.75, 3.05) is 9.80 Å². The van der Waals surface area contributed by atoms with Crippen LogP contribution in [0.2, 0.25) is 0 Å². The van der Waals surface area contributed by atoms with Gasteiger partial charge >= 0.3 is 0 Å². The molecule has 0 saturated heterocycles. The van der Waals surface area contributed by atoms with Crippen LogP contribution in [-0.4, -0.2) is 19.9 Å². The second-order valence-corrected chi connectivity index (χ2v) is 16.0. The van der Waals surface area contributed by atoms with Gasteiger partial charge in [0.25, 0.3) is 0 Å². The van der Waals surface area contributed by atoms with E-state index in [1.807, 2.05) is 84.9 Å². The van der Waals surface area contributed by atoms with Gasteiger partial charge in [-0.2, -0.15) is 0 Å². The Morgan fingerprint density at radius 3 is 1.14 bits per heavy atom. The monoisotopic (exact) mass is 784 g/mol. The highest BCUT2D eigenvalue weighted by atomic mass is 32.1. The first kappa shape index (κ1) is 32.8. The largest absolute Gasteiger partial charge is 0.453 e. The predicted octanol–water partition coefficient (Wildman–Crippen LogP) is 13.8. The second kappa shape index (κ2) is 13.1. The number of ether oxygens (including phenoxy) is 2. The molecule has 58 heavy (non-hydrogen) atoms. The number of para-hydroxylation sites is 8. The third kappa shape index (κ3) is 5.27. The number of thiazole rings is 2. The van der Waals surface area contributed by atoms with E-state index in [4.69, 9.17) is 19.4 Å². The van der Waals surface area contributed by atoms with E-state index in [1.165, 1.54) is 0 Å². The summed E-state index contributed by atoms with van der Waals surface area (Å²) in [5.41, 5.74) is 11.3. The smallest absolute Gasteiger partial charge is 0.170 e. The molecule has 0 unspecified atom stereocenters. The summed E-state index contributed by atoms with van der Waals surface area (Å²) in [7, 11) is 0. The maximum atomic E-state index is 6.39. The quantitative estimate of drug-likeness (QED) is 0.171. The summed E-state index contributed by atoms with van der Waals surface area (Å²) in [5, 5.41) is 1.75. The Kier molecular flexibility index (Phi) is 7.40. The van der Waals surface area contributed by atoms with Crippen molar-refractivity contribution in [1.29, 1.82) is 0 Å². The van der Waals surface area contributed by atoms with E-state index in [0.717, 1.165) is 110 Å². The first-order chi connectivity index (χ1) is 28.7. The molecule has 6 heterocycles. The van der Waals surface area contributed by atoms with Crippen molar-refractivity contribution in [2.24, 2.45) is 0 Å². The molecule has 0 aliphatic carbocycles. The number of rotatable bonds is 5. The first-order valence-corrected chi connectivity index (χ1v) is 20.4. The van der Waals surface area contributed by atoms with Crippen LogP contribution in [0.5, 0.6) is 23.0 Å². The molecule has 0 atom stereocenters. The number of pyridine rings is 2. The summed E-state index contributed by atoms with van der Waals surface area (Å²) in [6.45, 7) is 0. The molecule has 8 nitrogen and oxygen atoms in total. The lowest BCUT2D eigenvalue weighted by Gasteiger charge is -2.33. The molecule has 0 radical (unpaired) electrons. The summed E-state index contributed by atoms with van der Waals surface area (Å²) >= 11 is 3.28. The Morgan fingerprint density at radius 2 is 0.759 bits per heavy atom. The van der Waals surface area contributed by atoms with Crippen LogP contribution < -0.4 is 19.3 Å². The van der Waals surface area contributed by atoms with E-state index in [2.05, 4.69) is 92.6 Å². The number of benzene rings is 6. The Hall–Kier alpha value is -7.40. The van der Waals surface area contributed by atoms with Gasteiger partial charge < -0.3 is 19.3 Å². The second-order valence-electron chi connectivity index (χ2n) is 13.9. The zero-order valence-corrected chi connectivity index (χ0v) is 32.1. The van der Waals surface area contributed by atoms with Crippen LogP contribution in [0.25, 0.3) is 53.0 Å². The van der Waals surface area contributed by atoms with E-state index < -0.39 is 0 Å². The van der Waals surface area contributed by atoms with Crippen molar-refractivity contribution in [3.63, 3.8) is 0 Å². The maximum absolute atomic E-state index is 6.39. The number of fused-ring (bicyclic) bond motifs is 6. The molecule has 0 fully saturated rings. The maximum Gasteiger partial charge on any atom is 0.170 e. The number of aromatic nitrogens is 4.